The molecule has 2 aromatic rings. The highest BCUT2D eigenvalue weighted by Gasteiger charge is 2.05. The second-order valence-electron chi connectivity index (χ2n) is 4.06. The van der Waals surface area contributed by atoms with E-state index < -0.39 is 17.5 Å². The summed E-state index contributed by atoms with van der Waals surface area (Å²) in [6.07, 6.45) is 0. The number of alkyl halides is 1. The molecule has 2 rings (SSSR count). The second-order valence-corrected chi connectivity index (χ2v) is 5.21. The molecule has 0 atom stereocenters. The fourth-order valence-electron chi connectivity index (χ4n) is 1.57. The van der Waals surface area contributed by atoms with Crippen molar-refractivity contribution in [3.63, 3.8) is 0 Å². The summed E-state index contributed by atoms with van der Waals surface area (Å²) in [5.74, 6) is -0.689. The molecule has 0 unspecified atom stereocenters. The quantitative estimate of drug-likeness (QED) is 0.676. The SMILES string of the molecule is O=C(CF)Nc1ccc(Sc2ccc([N+](=O)[O-])cc2)cc1. The first-order valence-corrected chi connectivity index (χ1v) is 6.78. The summed E-state index contributed by atoms with van der Waals surface area (Å²) >= 11 is 1.43. The molecule has 1 N–H and O–H groups in total. The summed E-state index contributed by atoms with van der Waals surface area (Å²) in [7, 11) is 0. The fourth-order valence-corrected chi connectivity index (χ4v) is 2.39. The smallest absolute Gasteiger partial charge is 0.269 e. The van der Waals surface area contributed by atoms with E-state index in [1.54, 1.807) is 36.4 Å². The molecule has 0 aliphatic carbocycles. The Bertz CT molecular complexity index is 644. The number of hydrogen-bond acceptors (Lipinski definition) is 4. The summed E-state index contributed by atoms with van der Waals surface area (Å²) < 4.78 is 12.1. The number of rotatable bonds is 5. The Morgan fingerprint density at radius 3 is 2.10 bits per heavy atom. The molecular weight excluding hydrogens is 295 g/mol. The van der Waals surface area contributed by atoms with E-state index in [2.05, 4.69) is 5.32 Å². The minimum atomic E-state index is -1.06. The van der Waals surface area contributed by atoms with Crippen LogP contribution < -0.4 is 5.32 Å². The Balaban J connectivity index is 2.02. The monoisotopic (exact) mass is 306 g/mol. The highest BCUT2D eigenvalue weighted by molar-refractivity contribution is 7.99. The van der Waals surface area contributed by atoms with Gasteiger partial charge in [-0.2, -0.15) is 0 Å². The predicted molar refractivity (Wildman–Crippen MR) is 78.3 cm³/mol. The van der Waals surface area contributed by atoms with Crippen LogP contribution >= 0.6 is 11.8 Å². The van der Waals surface area contributed by atoms with E-state index in [-0.39, 0.29) is 5.69 Å². The molecule has 0 bridgehead atoms. The summed E-state index contributed by atoms with van der Waals surface area (Å²) in [5.41, 5.74) is 0.564. The van der Waals surface area contributed by atoms with Gasteiger partial charge in [-0.15, -0.1) is 0 Å². The molecule has 0 fully saturated rings. The third kappa shape index (κ3) is 4.28. The normalized spacial score (nSPS) is 10.1. The number of amides is 1. The third-order valence-corrected chi connectivity index (χ3v) is 3.56. The molecule has 108 valence electrons. The number of carbonyl (C=O) groups excluding carboxylic acids is 1. The maximum absolute atomic E-state index is 12.1. The maximum atomic E-state index is 12.1. The second kappa shape index (κ2) is 6.85. The van der Waals surface area contributed by atoms with Crippen LogP contribution in [0.25, 0.3) is 0 Å². The summed E-state index contributed by atoms with van der Waals surface area (Å²) in [6, 6.07) is 13.1. The molecule has 0 spiro atoms. The highest BCUT2D eigenvalue weighted by atomic mass is 32.2. The van der Waals surface area contributed by atoms with E-state index in [1.165, 1.54) is 23.9 Å². The largest absolute Gasteiger partial charge is 0.324 e. The van der Waals surface area contributed by atoms with E-state index in [0.717, 1.165) is 9.79 Å². The fraction of sp³-hybridized carbons (Fsp3) is 0.0714. The molecule has 1 amide bonds. The van der Waals surface area contributed by atoms with Crippen LogP contribution in [-0.2, 0) is 4.79 Å². The topological polar surface area (TPSA) is 72.2 Å². The molecule has 0 aromatic heterocycles. The number of non-ortho nitro benzene ring substituents is 1. The molecule has 0 aliphatic rings. The Morgan fingerprint density at radius 2 is 1.62 bits per heavy atom. The summed E-state index contributed by atoms with van der Waals surface area (Å²) in [5, 5.41) is 13.0. The van der Waals surface area contributed by atoms with Gasteiger partial charge in [-0.1, -0.05) is 11.8 Å². The highest BCUT2D eigenvalue weighted by Crippen LogP contribution is 2.29. The third-order valence-electron chi connectivity index (χ3n) is 2.54. The molecular formula is C14H11FN2O3S. The average molecular weight is 306 g/mol. The van der Waals surface area contributed by atoms with E-state index >= 15 is 0 Å². The number of hydrogen-bond donors (Lipinski definition) is 1. The molecule has 21 heavy (non-hydrogen) atoms. The molecule has 0 saturated carbocycles. The van der Waals surface area contributed by atoms with Crippen LogP contribution in [0.4, 0.5) is 15.8 Å². The zero-order valence-corrected chi connectivity index (χ0v) is 11.6. The van der Waals surface area contributed by atoms with Gasteiger partial charge >= 0.3 is 0 Å². The van der Waals surface area contributed by atoms with E-state index in [4.69, 9.17) is 0 Å². The van der Waals surface area contributed by atoms with Crippen molar-refractivity contribution in [2.45, 2.75) is 9.79 Å². The molecule has 0 radical (unpaired) electrons. The van der Waals surface area contributed by atoms with Crippen LogP contribution in [0.1, 0.15) is 0 Å². The number of halogens is 1. The lowest BCUT2D eigenvalue weighted by Crippen LogP contribution is -2.12. The predicted octanol–water partition coefficient (Wildman–Crippen LogP) is 3.65. The molecule has 5 nitrogen and oxygen atoms in total. The first kappa shape index (κ1) is 15.0. The Morgan fingerprint density at radius 1 is 1.10 bits per heavy atom. The van der Waals surface area contributed by atoms with E-state index in [1.807, 2.05) is 0 Å². The molecule has 0 saturated heterocycles. The van der Waals surface area contributed by atoms with Gasteiger partial charge in [0.2, 0.25) is 0 Å². The van der Waals surface area contributed by atoms with Gasteiger partial charge in [0.25, 0.3) is 11.6 Å². The zero-order chi connectivity index (χ0) is 15.2. The maximum Gasteiger partial charge on any atom is 0.269 e. The first-order valence-electron chi connectivity index (χ1n) is 5.96. The van der Waals surface area contributed by atoms with Gasteiger partial charge in [0.1, 0.15) is 0 Å². The average Bonchev–Trinajstić information content (AvgIpc) is 2.49. The lowest BCUT2D eigenvalue weighted by Gasteiger charge is -2.05. The van der Waals surface area contributed by atoms with Gasteiger partial charge in [0, 0.05) is 27.6 Å². The minimum absolute atomic E-state index is 0.0450. The van der Waals surface area contributed by atoms with Crippen LogP contribution in [0.5, 0.6) is 0 Å². The van der Waals surface area contributed by atoms with Crippen molar-refractivity contribution in [3.8, 4) is 0 Å². The van der Waals surface area contributed by atoms with Crippen molar-refractivity contribution >= 4 is 29.0 Å². The van der Waals surface area contributed by atoms with E-state index in [9.17, 15) is 19.3 Å². The van der Waals surface area contributed by atoms with Crippen LogP contribution in [-0.4, -0.2) is 17.5 Å². The number of nitro groups is 1. The van der Waals surface area contributed by atoms with Crippen molar-refractivity contribution in [2.75, 3.05) is 12.0 Å². The van der Waals surface area contributed by atoms with Crippen molar-refractivity contribution in [1.29, 1.82) is 0 Å². The van der Waals surface area contributed by atoms with Crippen LogP contribution in [0.15, 0.2) is 58.3 Å². The number of anilines is 1. The van der Waals surface area contributed by atoms with Gasteiger partial charge < -0.3 is 5.32 Å². The number of benzene rings is 2. The van der Waals surface area contributed by atoms with Gasteiger partial charge in [-0.3, -0.25) is 14.9 Å². The molecule has 0 heterocycles. The Kier molecular flexibility index (Phi) is 4.89. The molecule has 0 aliphatic heterocycles. The van der Waals surface area contributed by atoms with Crippen LogP contribution in [0.3, 0.4) is 0 Å². The number of nitro benzene ring substituents is 1. The number of nitrogens with one attached hydrogen (secondary N) is 1. The lowest BCUT2D eigenvalue weighted by molar-refractivity contribution is -0.384. The molecule has 7 heteroatoms. The van der Waals surface area contributed by atoms with Crippen molar-refractivity contribution < 1.29 is 14.1 Å². The number of carbonyl (C=O) groups is 1. The van der Waals surface area contributed by atoms with Gasteiger partial charge in [0.15, 0.2) is 6.67 Å². The zero-order valence-electron chi connectivity index (χ0n) is 10.8. The van der Waals surface area contributed by atoms with E-state index in [0.29, 0.717) is 5.69 Å². The van der Waals surface area contributed by atoms with Crippen molar-refractivity contribution in [1.82, 2.24) is 0 Å². The van der Waals surface area contributed by atoms with Crippen molar-refractivity contribution in [2.24, 2.45) is 0 Å². The number of nitrogens with zero attached hydrogens (tertiary/aromatic N) is 1. The van der Waals surface area contributed by atoms with Gasteiger partial charge in [-0.25, -0.2) is 4.39 Å². The van der Waals surface area contributed by atoms with Gasteiger partial charge in [0.05, 0.1) is 4.92 Å². The standard InChI is InChI=1S/C14H11FN2O3S/c15-9-14(18)16-10-1-5-12(6-2-10)21-13-7-3-11(4-8-13)17(19)20/h1-8H,9H2,(H,16,18). The Hall–Kier alpha value is -2.41. The van der Waals surface area contributed by atoms with Crippen molar-refractivity contribution in [3.05, 3.63) is 58.6 Å². The Labute approximate surface area is 124 Å². The van der Waals surface area contributed by atoms with Gasteiger partial charge in [-0.05, 0) is 36.4 Å². The van der Waals surface area contributed by atoms with Crippen LogP contribution in [0, 0.1) is 10.1 Å². The summed E-state index contributed by atoms with van der Waals surface area (Å²) in [4.78, 5) is 22.8. The first-order chi connectivity index (χ1) is 10.1. The summed E-state index contributed by atoms with van der Waals surface area (Å²) in [6.45, 7) is -1.06. The minimum Gasteiger partial charge on any atom is -0.324 e. The lowest BCUT2D eigenvalue weighted by atomic mass is 10.3. The van der Waals surface area contributed by atoms with Crippen LogP contribution in [0.2, 0.25) is 0 Å². The molecule has 2 aromatic carbocycles.